The molecule has 0 saturated heterocycles. The van der Waals surface area contributed by atoms with E-state index in [1.54, 1.807) is 0 Å². The van der Waals surface area contributed by atoms with Crippen LogP contribution < -0.4 is 22.6 Å². The highest BCUT2D eigenvalue weighted by Gasteiger charge is 1.60. The van der Waals surface area contributed by atoms with Crippen molar-refractivity contribution in [2.75, 3.05) is 0 Å². The van der Waals surface area contributed by atoms with Gasteiger partial charge in [0.15, 0.2) is 0 Å². The van der Waals surface area contributed by atoms with Gasteiger partial charge in [-0.2, -0.15) is 5.53 Å². The summed E-state index contributed by atoms with van der Waals surface area (Å²) in [6, 6.07) is 0. The van der Waals surface area contributed by atoms with Crippen molar-refractivity contribution in [3.05, 3.63) is 12.4 Å². The Morgan fingerprint density at radius 1 is 1.50 bits per heavy atom. The predicted octanol–water partition coefficient (Wildman–Crippen LogP) is -1.25. The van der Waals surface area contributed by atoms with E-state index < -0.39 is 0 Å². The van der Waals surface area contributed by atoms with Crippen molar-refractivity contribution in [3.8, 4) is 0 Å². The summed E-state index contributed by atoms with van der Waals surface area (Å²) in [5, 5.41) is 6.21. The Balaban J connectivity index is 3.07. The lowest BCUT2D eigenvalue weighted by Gasteiger charge is -1.89. The van der Waals surface area contributed by atoms with Crippen LogP contribution in [0.3, 0.4) is 0 Å². The van der Waals surface area contributed by atoms with Crippen molar-refractivity contribution in [3.63, 3.8) is 0 Å². The summed E-state index contributed by atoms with van der Waals surface area (Å²) in [4.78, 5) is 0. The molecule has 0 saturated carbocycles. The van der Waals surface area contributed by atoms with Crippen LogP contribution in [-0.2, 0) is 0 Å². The zero-order chi connectivity index (χ0) is 6.24. The molecule has 0 unspecified atom stereocenters. The zero-order valence-corrected chi connectivity index (χ0v) is 4.20. The van der Waals surface area contributed by atoms with Gasteiger partial charge in [-0.05, 0) is 0 Å². The maximum Gasteiger partial charge on any atom is 0.0684 e. The molecule has 0 aromatic carbocycles. The SMILES string of the molecule is NN=N/C=C/NNN. The van der Waals surface area contributed by atoms with Crippen molar-refractivity contribution in [1.82, 2.24) is 11.0 Å². The van der Waals surface area contributed by atoms with Gasteiger partial charge < -0.3 is 11.3 Å². The van der Waals surface area contributed by atoms with E-state index in [0.29, 0.717) is 0 Å². The van der Waals surface area contributed by atoms with Crippen LogP contribution in [0, 0.1) is 0 Å². The summed E-state index contributed by atoms with van der Waals surface area (Å²) in [6.07, 6.45) is 2.79. The molecule has 0 aromatic rings. The van der Waals surface area contributed by atoms with Gasteiger partial charge in [-0.25, -0.2) is 0 Å². The van der Waals surface area contributed by atoms with E-state index >= 15 is 0 Å². The number of hydrazine groups is 2. The molecule has 6 heteroatoms. The van der Waals surface area contributed by atoms with Gasteiger partial charge in [0.05, 0.1) is 6.20 Å². The first-order valence-corrected chi connectivity index (χ1v) is 1.88. The smallest absolute Gasteiger partial charge is 0.0684 e. The van der Waals surface area contributed by atoms with Gasteiger partial charge in [-0.1, -0.05) is 5.22 Å². The van der Waals surface area contributed by atoms with Crippen LogP contribution in [0.2, 0.25) is 0 Å². The molecule has 0 atom stereocenters. The van der Waals surface area contributed by atoms with Gasteiger partial charge in [0.25, 0.3) is 0 Å². The summed E-state index contributed by atoms with van der Waals surface area (Å²) in [6.45, 7) is 0. The first kappa shape index (κ1) is 6.86. The quantitative estimate of drug-likeness (QED) is 0.210. The van der Waals surface area contributed by atoms with E-state index in [4.69, 9.17) is 5.84 Å². The molecule has 0 aromatic heterocycles. The van der Waals surface area contributed by atoms with Gasteiger partial charge in [0, 0.05) is 6.20 Å². The molecule has 0 amide bonds. The minimum Gasteiger partial charge on any atom is -0.314 e. The molecular weight excluding hydrogens is 108 g/mol. The van der Waals surface area contributed by atoms with Crippen molar-refractivity contribution in [2.24, 2.45) is 22.0 Å². The van der Waals surface area contributed by atoms with Gasteiger partial charge in [-0.3, -0.25) is 5.84 Å². The molecule has 8 heavy (non-hydrogen) atoms. The Bertz CT molecular complexity index is 84.5. The third kappa shape index (κ3) is 4.86. The lowest BCUT2D eigenvalue weighted by Crippen LogP contribution is -2.33. The van der Waals surface area contributed by atoms with Crippen LogP contribution in [0.1, 0.15) is 0 Å². The largest absolute Gasteiger partial charge is 0.314 e. The molecule has 0 heterocycles. The van der Waals surface area contributed by atoms with E-state index in [1.165, 1.54) is 12.4 Å². The number of hydrogen-bond donors (Lipinski definition) is 4. The second-order valence-electron chi connectivity index (χ2n) is 0.835. The molecule has 46 valence electrons. The van der Waals surface area contributed by atoms with Crippen molar-refractivity contribution in [1.29, 1.82) is 0 Å². The average molecular weight is 116 g/mol. The zero-order valence-electron chi connectivity index (χ0n) is 4.20. The van der Waals surface area contributed by atoms with Gasteiger partial charge >= 0.3 is 0 Å². The summed E-state index contributed by atoms with van der Waals surface area (Å²) >= 11 is 0. The van der Waals surface area contributed by atoms with Crippen LogP contribution in [0.15, 0.2) is 22.7 Å². The van der Waals surface area contributed by atoms with E-state index in [0.717, 1.165) is 0 Å². The molecular formula is C2H8N6. The number of nitrogens with two attached hydrogens (primary N) is 2. The third-order valence-corrected chi connectivity index (χ3v) is 0.375. The molecule has 0 rings (SSSR count). The van der Waals surface area contributed by atoms with Crippen LogP contribution in [0.5, 0.6) is 0 Å². The number of rotatable bonds is 3. The molecule has 0 bridgehead atoms. The second-order valence-corrected chi connectivity index (χ2v) is 0.835. The fraction of sp³-hybridized carbons (Fsp3) is 0. The number of nitrogens with one attached hydrogen (secondary N) is 2. The molecule has 0 aliphatic carbocycles. The normalized spacial score (nSPS) is 11.1. The maximum atomic E-state index is 4.79. The van der Waals surface area contributed by atoms with E-state index in [-0.39, 0.29) is 0 Å². The molecule has 0 fully saturated rings. The molecule has 0 spiro atoms. The summed E-state index contributed by atoms with van der Waals surface area (Å²) in [5.74, 6) is 9.43. The van der Waals surface area contributed by atoms with E-state index in [2.05, 4.69) is 27.1 Å². The Morgan fingerprint density at radius 3 is 2.75 bits per heavy atom. The van der Waals surface area contributed by atoms with Crippen LogP contribution >= 0.6 is 0 Å². The van der Waals surface area contributed by atoms with Crippen LogP contribution in [0.25, 0.3) is 0 Å². The summed E-state index contributed by atoms with van der Waals surface area (Å²) in [5.41, 5.74) is 4.57. The second kappa shape index (κ2) is 5.86. The van der Waals surface area contributed by atoms with Crippen molar-refractivity contribution in [2.45, 2.75) is 0 Å². The first-order chi connectivity index (χ1) is 3.91. The topological polar surface area (TPSA) is 101 Å². The average Bonchev–Trinajstić information content (AvgIpc) is 1.81. The Kier molecular flexibility index (Phi) is 5.02. The fourth-order valence-corrected chi connectivity index (χ4v) is 0.157. The molecule has 6 nitrogen and oxygen atoms in total. The Hall–Kier alpha value is -1.14. The standard InChI is InChI=1S/C2H8N6/c3-7-5-1-2-6-8-4/h1-2,5,7H,3H2,(H2,4,6)/b2-1+. The summed E-state index contributed by atoms with van der Waals surface area (Å²) in [7, 11) is 0. The van der Waals surface area contributed by atoms with Crippen LogP contribution in [-0.4, -0.2) is 0 Å². The monoisotopic (exact) mass is 116 g/mol. The molecule has 0 radical (unpaired) electrons. The third-order valence-electron chi connectivity index (χ3n) is 0.375. The Labute approximate surface area is 46.6 Å². The Morgan fingerprint density at radius 2 is 2.25 bits per heavy atom. The fourth-order valence-electron chi connectivity index (χ4n) is 0.157. The predicted molar refractivity (Wildman–Crippen MR) is 28.6 cm³/mol. The minimum absolute atomic E-state index is 1.35. The highest BCUT2D eigenvalue weighted by Crippen LogP contribution is 1.66. The number of nitrogens with zero attached hydrogens (tertiary/aromatic N) is 2. The maximum absolute atomic E-state index is 4.79. The minimum atomic E-state index is 1.35. The molecule has 0 aliphatic rings. The first-order valence-electron chi connectivity index (χ1n) is 1.88. The highest BCUT2D eigenvalue weighted by atomic mass is 15.5. The lowest BCUT2D eigenvalue weighted by atomic mass is 10.9. The van der Waals surface area contributed by atoms with Crippen molar-refractivity contribution < 1.29 is 0 Å². The van der Waals surface area contributed by atoms with Crippen LogP contribution in [0.4, 0.5) is 0 Å². The molecule has 6 N–H and O–H groups in total. The van der Waals surface area contributed by atoms with Gasteiger partial charge in [0.2, 0.25) is 0 Å². The summed E-state index contributed by atoms with van der Waals surface area (Å²) < 4.78 is 0. The highest BCUT2D eigenvalue weighted by molar-refractivity contribution is 4.71. The van der Waals surface area contributed by atoms with Crippen molar-refractivity contribution >= 4 is 0 Å². The van der Waals surface area contributed by atoms with E-state index in [1.807, 2.05) is 0 Å². The molecule has 0 aliphatic heterocycles. The van der Waals surface area contributed by atoms with Gasteiger partial charge in [0.1, 0.15) is 0 Å². The number of hydrogen-bond acceptors (Lipinski definition) is 5. The van der Waals surface area contributed by atoms with Gasteiger partial charge in [-0.15, -0.1) is 5.11 Å². The van der Waals surface area contributed by atoms with E-state index in [9.17, 15) is 0 Å². The lowest BCUT2D eigenvalue weighted by molar-refractivity contribution is 0.662.